The molecule has 2 fully saturated rings. The van der Waals surface area contributed by atoms with E-state index in [0.717, 1.165) is 16.7 Å². The number of nitrogens with zero attached hydrogens (tertiary/aromatic N) is 1. The minimum absolute atomic E-state index is 0.249. The van der Waals surface area contributed by atoms with E-state index in [4.69, 9.17) is 0 Å². The van der Waals surface area contributed by atoms with Gasteiger partial charge in [0.15, 0.2) is 0 Å². The van der Waals surface area contributed by atoms with Gasteiger partial charge in [-0.25, -0.2) is 0 Å². The van der Waals surface area contributed by atoms with Gasteiger partial charge in [-0.1, -0.05) is 42.5 Å². The van der Waals surface area contributed by atoms with Crippen LogP contribution >= 0.6 is 0 Å². The van der Waals surface area contributed by atoms with Crippen molar-refractivity contribution in [3.8, 4) is 0 Å². The summed E-state index contributed by atoms with van der Waals surface area (Å²) in [5.41, 5.74) is 2.99. The summed E-state index contributed by atoms with van der Waals surface area (Å²) in [7, 11) is 0. The van der Waals surface area contributed by atoms with E-state index in [1.54, 1.807) is 6.92 Å². The predicted molar refractivity (Wildman–Crippen MR) is 119 cm³/mol. The molecule has 7 nitrogen and oxygen atoms in total. The lowest BCUT2D eigenvalue weighted by Crippen LogP contribution is -2.55. The number of carbonyl (C=O) groups excluding carboxylic acids is 3. The fourth-order valence-corrected chi connectivity index (χ4v) is 5.63. The van der Waals surface area contributed by atoms with Gasteiger partial charge in [-0.3, -0.25) is 24.6 Å². The monoisotopic (exact) mass is 433 g/mol. The van der Waals surface area contributed by atoms with Crippen molar-refractivity contribution in [3.63, 3.8) is 0 Å². The number of hydrogen-bond donors (Lipinski definition) is 3. The summed E-state index contributed by atoms with van der Waals surface area (Å²) in [6, 6.07) is 12.8. The standard InChI is InChI=1S/C25H27N3O4/c1-13-9-10-17-20(14(13)2)26-24(32)25(17)19-18(21(27-25)15(3)29)22(30)28(23(19)31)12-11-16-7-5-4-6-8-16/h4-10,15,18-19,21,27,29H,11-12H2,1-3H3,(H,26,32)/t15-,18-,19-,21-,25-/m0/s1. The van der Waals surface area contributed by atoms with E-state index in [-0.39, 0.29) is 24.3 Å². The SMILES string of the molecule is Cc1ccc2c(c1C)NC(=O)[C@]21N[C@@H]([C@H](C)O)[C@H]2C(=O)N(CCc3ccccc3)C(=O)[C@H]21. The highest BCUT2D eigenvalue weighted by atomic mass is 16.3. The van der Waals surface area contributed by atoms with Crippen LogP contribution in [-0.2, 0) is 26.3 Å². The first kappa shape index (κ1) is 20.8. The molecule has 0 unspecified atom stereocenters. The molecule has 1 spiro atoms. The molecule has 3 heterocycles. The Morgan fingerprint density at radius 1 is 1.06 bits per heavy atom. The fraction of sp³-hybridized carbons (Fsp3) is 0.400. The Bertz CT molecular complexity index is 1130. The van der Waals surface area contributed by atoms with Gasteiger partial charge in [0.25, 0.3) is 0 Å². The Balaban J connectivity index is 1.57. The van der Waals surface area contributed by atoms with Crippen molar-refractivity contribution in [2.24, 2.45) is 11.8 Å². The molecule has 166 valence electrons. The molecule has 2 saturated heterocycles. The predicted octanol–water partition coefficient (Wildman–Crippen LogP) is 1.65. The van der Waals surface area contributed by atoms with E-state index in [9.17, 15) is 19.5 Å². The number of nitrogens with one attached hydrogen (secondary N) is 2. The van der Waals surface area contributed by atoms with Gasteiger partial charge in [0.1, 0.15) is 5.54 Å². The Labute approximate surface area is 186 Å². The number of aryl methyl sites for hydroxylation is 1. The van der Waals surface area contributed by atoms with Gasteiger partial charge in [-0.15, -0.1) is 0 Å². The second-order valence-corrected chi connectivity index (χ2v) is 9.17. The molecule has 7 heteroatoms. The van der Waals surface area contributed by atoms with Gasteiger partial charge >= 0.3 is 0 Å². The molecule has 2 aromatic carbocycles. The van der Waals surface area contributed by atoms with Gasteiger partial charge in [0.05, 0.1) is 17.9 Å². The smallest absolute Gasteiger partial charge is 0.250 e. The summed E-state index contributed by atoms with van der Waals surface area (Å²) in [5, 5.41) is 16.7. The molecule has 0 radical (unpaired) electrons. The van der Waals surface area contributed by atoms with Crippen LogP contribution in [-0.4, -0.2) is 46.4 Å². The zero-order valence-corrected chi connectivity index (χ0v) is 18.4. The van der Waals surface area contributed by atoms with Crippen molar-refractivity contribution in [1.29, 1.82) is 0 Å². The molecule has 3 aliphatic rings. The first-order valence-electron chi connectivity index (χ1n) is 11.0. The summed E-state index contributed by atoms with van der Waals surface area (Å²) in [4.78, 5) is 41.8. The number of carbonyl (C=O) groups is 3. The lowest BCUT2D eigenvalue weighted by Gasteiger charge is -2.30. The minimum Gasteiger partial charge on any atom is -0.392 e. The largest absolute Gasteiger partial charge is 0.392 e. The molecule has 0 bridgehead atoms. The van der Waals surface area contributed by atoms with E-state index in [0.29, 0.717) is 17.7 Å². The van der Waals surface area contributed by atoms with Gasteiger partial charge in [0.2, 0.25) is 17.7 Å². The number of imide groups is 1. The maximum Gasteiger partial charge on any atom is 0.250 e. The quantitative estimate of drug-likeness (QED) is 0.637. The summed E-state index contributed by atoms with van der Waals surface area (Å²) in [6.45, 7) is 5.73. The summed E-state index contributed by atoms with van der Waals surface area (Å²) < 4.78 is 0. The highest BCUT2D eigenvalue weighted by Gasteiger charge is 2.71. The number of fused-ring (bicyclic) bond motifs is 4. The van der Waals surface area contributed by atoms with Crippen LogP contribution in [0.2, 0.25) is 0 Å². The molecule has 5 rings (SSSR count). The highest BCUT2D eigenvalue weighted by Crippen LogP contribution is 2.54. The van der Waals surface area contributed by atoms with E-state index in [2.05, 4.69) is 10.6 Å². The average Bonchev–Trinajstić information content (AvgIpc) is 3.36. The normalized spacial score (nSPS) is 29.4. The second kappa shape index (κ2) is 7.25. The van der Waals surface area contributed by atoms with Crippen LogP contribution < -0.4 is 10.6 Å². The molecule has 2 aromatic rings. The van der Waals surface area contributed by atoms with Crippen molar-refractivity contribution in [1.82, 2.24) is 10.2 Å². The fourth-order valence-electron chi connectivity index (χ4n) is 5.63. The van der Waals surface area contributed by atoms with Crippen LogP contribution in [0.15, 0.2) is 42.5 Å². The van der Waals surface area contributed by atoms with Crippen LogP contribution in [0.3, 0.4) is 0 Å². The number of aliphatic hydroxyl groups excluding tert-OH is 1. The molecule has 0 aromatic heterocycles. The summed E-state index contributed by atoms with van der Waals surface area (Å²) in [6.07, 6.45) is -0.366. The number of aliphatic hydroxyl groups is 1. The Hall–Kier alpha value is -3.03. The lowest BCUT2D eigenvalue weighted by molar-refractivity contribution is -0.143. The minimum atomic E-state index is -1.37. The number of anilines is 1. The van der Waals surface area contributed by atoms with E-state index < -0.39 is 29.5 Å². The molecule has 3 N–H and O–H groups in total. The maximum absolute atomic E-state index is 13.7. The van der Waals surface area contributed by atoms with E-state index >= 15 is 0 Å². The Morgan fingerprint density at radius 3 is 2.47 bits per heavy atom. The van der Waals surface area contributed by atoms with Crippen molar-refractivity contribution >= 4 is 23.4 Å². The third-order valence-electron chi connectivity index (χ3n) is 7.43. The first-order valence-corrected chi connectivity index (χ1v) is 11.0. The van der Waals surface area contributed by atoms with Crippen molar-refractivity contribution in [2.75, 3.05) is 11.9 Å². The van der Waals surface area contributed by atoms with E-state index in [1.807, 2.05) is 56.3 Å². The second-order valence-electron chi connectivity index (χ2n) is 9.17. The number of rotatable bonds is 4. The zero-order chi connectivity index (χ0) is 22.8. The molecule has 0 aliphatic carbocycles. The Morgan fingerprint density at radius 2 is 1.78 bits per heavy atom. The molecule has 3 aliphatic heterocycles. The average molecular weight is 434 g/mol. The van der Waals surface area contributed by atoms with Crippen LogP contribution in [0.4, 0.5) is 5.69 Å². The molecule has 3 amide bonds. The summed E-state index contributed by atoms with van der Waals surface area (Å²) >= 11 is 0. The topological polar surface area (TPSA) is 98.7 Å². The summed E-state index contributed by atoms with van der Waals surface area (Å²) in [5.74, 6) is -2.71. The molecule has 32 heavy (non-hydrogen) atoms. The number of likely N-dealkylation sites (tertiary alicyclic amines) is 1. The van der Waals surface area contributed by atoms with Gasteiger partial charge in [-0.05, 0) is 43.9 Å². The third-order valence-corrected chi connectivity index (χ3v) is 7.43. The number of benzene rings is 2. The molecule has 0 saturated carbocycles. The molecular formula is C25H27N3O4. The first-order chi connectivity index (χ1) is 15.3. The van der Waals surface area contributed by atoms with Gasteiger partial charge < -0.3 is 10.4 Å². The Kier molecular flexibility index (Phi) is 4.72. The zero-order valence-electron chi connectivity index (χ0n) is 18.4. The van der Waals surface area contributed by atoms with Crippen LogP contribution in [0.25, 0.3) is 0 Å². The van der Waals surface area contributed by atoms with Crippen molar-refractivity contribution in [2.45, 2.75) is 44.9 Å². The van der Waals surface area contributed by atoms with Crippen molar-refractivity contribution in [3.05, 3.63) is 64.7 Å². The molecule has 5 atom stereocenters. The number of hydrogen-bond acceptors (Lipinski definition) is 5. The van der Waals surface area contributed by atoms with Crippen LogP contribution in [0.1, 0.15) is 29.2 Å². The highest BCUT2D eigenvalue weighted by molar-refractivity contribution is 6.15. The van der Waals surface area contributed by atoms with E-state index in [1.165, 1.54) is 4.90 Å². The third kappa shape index (κ3) is 2.71. The van der Waals surface area contributed by atoms with Crippen LogP contribution in [0, 0.1) is 25.7 Å². The van der Waals surface area contributed by atoms with Gasteiger partial charge in [0, 0.05) is 23.8 Å². The van der Waals surface area contributed by atoms with Crippen LogP contribution in [0.5, 0.6) is 0 Å². The molecular weight excluding hydrogens is 406 g/mol. The van der Waals surface area contributed by atoms with Gasteiger partial charge in [-0.2, -0.15) is 0 Å². The van der Waals surface area contributed by atoms with Crippen molar-refractivity contribution < 1.29 is 19.5 Å². The lowest BCUT2D eigenvalue weighted by atomic mass is 9.76. The number of amides is 3. The maximum atomic E-state index is 13.7.